The second-order valence-electron chi connectivity index (χ2n) is 3.88. The van der Waals surface area contributed by atoms with Crippen molar-refractivity contribution in [3.63, 3.8) is 0 Å². The summed E-state index contributed by atoms with van der Waals surface area (Å²) in [7, 11) is 0. The van der Waals surface area contributed by atoms with Crippen LogP contribution in [-0.2, 0) is 11.3 Å². The van der Waals surface area contributed by atoms with Gasteiger partial charge in [-0.15, -0.1) is 0 Å². The van der Waals surface area contributed by atoms with Gasteiger partial charge < -0.3 is 9.21 Å². The monoisotopic (exact) mass is 271 g/mol. The lowest BCUT2D eigenvalue weighted by atomic mass is 10.0. The Morgan fingerprint density at radius 3 is 3.07 bits per heavy atom. The number of halogens is 1. The molecule has 0 radical (unpaired) electrons. The van der Waals surface area contributed by atoms with E-state index in [1.54, 1.807) is 0 Å². The van der Waals surface area contributed by atoms with E-state index in [1.807, 2.05) is 12.1 Å². The van der Waals surface area contributed by atoms with Crippen LogP contribution in [0.1, 0.15) is 25.0 Å². The van der Waals surface area contributed by atoms with Gasteiger partial charge in [0, 0.05) is 0 Å². The number of aldehydes is 1. The van der Waals surface area contributed by atoms with E-state index in [0.717, 1.165) is 42.6 Å². The summed E-state index contributed by atoms with van der Waals surface area (Å²) < 4.78 is 6.19. The standard InChI is InChI=1S/C11H14BrNO2/c12-11-5-4-10(15-11)7-13-6-2-1-3-9(13)8-14/h4-5,8-9H,1-3,6-7H2. The number of carbonyl (C=O) groups excluding carboxylic acids is 1. The zero-order chi connectivity index (χ0) is 10.7. The molecule has 0 N–H and O–H groups in total. The van der Waals surface area contributed by atoms with Crippen molar-refractivity contribution in [1.82, 2.24) is 4.90 Å². The summed E-state index contributed by atoms with van der Waals surface area (Å²) >= 11 is 3.27. The third-order valence-corrected chi connectivity index (χ3v) is 3.24. The lowest BCUT2D eigenvalue weighted by Crippen LogP contribution is -2.39. The fourth-order valence-electron chi connectivity index (χ4n) is 2.00. The van der Waals surface area contributed by atoms with Crippen molar-refractivity contribution < 1.29 is 9.21 Å². The molecule has 0 saturated carbocycles. The molecule has 0 spiro atoms. The van der Waals surface area contributed by atoms with Gasteiger partial charge >= 0.3 is 0 Å². The molecular formula is C11H14BrNO2. The zero-order valence-electron chi connectivity index (χ0n) is 8.49. The third-order valence-electron chi connectivity index (χ3n) is 2.81. The highest BCUT2D eigenvalue weighted by molar-refractivity contribution is 9.10. The molecule has 0 aliphatic carbocycles. The summed E-state index contributed by atoms with van der Waals surface area (Å²) in [5.41, 5.74) is 0. The van der Waals surface area contributed by atoms with E-state index >= 15 is 0 Å². The van der Waals surface area contributed by atoms with E-state index in [-0.39, 0.29) is 6.04 Å². The van der Waals surface area contributed by atoms with Crippen LogP contribution in [0.15, 0.2) is 21.2 Å². The summed E-state index contributed by atoms with van der Waals surface area (Å²) in [6.07, 6.45) is 4.36. The van der Waals surface area contributed by atoms with Gasteiger partial charge in [-0.05, 0) is 47.4 Å². The molecule has 1 aliphatic rings. The fourth-order valence-corrected chi connectivity index (χ4v) is 2.34. The highest BCUT2D eigenvalue weighted by Gasteiger charge is 2.22. The summed E-state index contributed by atoms with van der Waals surface area (Å²) in [5.74, 6) is 0.913. The number of hydrogen-bond acceptors (Lipinski definition) is 3. The van der Waals surface area contributed by atoms with Gasteiger partial charge in [-0.3, -0.25) is 4.90 Å². The number of rotatable bonds is 3. The largest absolute Gasteiger partial charge is 0.453 e. The quantitative estimate of drug-likeness (QED) is 0.793. The number of hydrogen-bond donors (Lipinski definition) is 0. The minimum atomic E-state index is 0.0719. The normalized spacial score (nSPS) is 22.9. The minimum absolute atomic E-state index is 0.0719. The molecule has 82 valence electrons. The van der Waals surface area contributed by atoms with Gasteiger partial charge in [-0.1, -0.05) is 6.42 Å². The van der Waals surface area contributed by atoms with Crippen LogP contribution in [0.5, 0.6) is 0 Å². The topological polar surface area (TPSA) is 33.5 Å². The molecule has 4 heteroatoms. The molecule has 1 aliphatic heterocycles. The van der Waals surface area contributed by atoms with E-state index in [9.17, 15) is 4.79 Å². The second-order valence-corrected chi connectivity index (χ2v) is 4.66. The summed E-state index contributed by atoms with van der Waals surface area (Å²) in [6.45, 7) is 1.72. The molecule has 1 atom stereocenters. The van der Waals surface area contributed by atoms with Crippen LogP contribution >= 0.6 is 15.9 Å². The van der Waals surface area contributed by atoms with E-state index in [1.165, 1.54) is 6.42 Å². The lowest BCUT2D eigenvalue weighted by Gasteiger charge is -2.31. The van der Waals surface area contributed by atoms with Crippen LogP contribution in [-0.4, -0.2) is 23.8 Å². The molecule has 1 saturated heterocycles. The Balaban J connectivity index is 2.00. The predicted molar refractivity (Wildman–Crippen MR) is 60.5 cm³/mol. The Hall–Kier alpha value is -0.610. The number of carbonyl (C=O) groups is 1. The maximum Gasteiger partial charge on any atom is 0.169 e. The van der Waals surface area contributed by atoms with Crippen molar-refractivity contribution in [2.24, 2.45) is 0 Å². The number of likely N-dealkylation sites (tertiary alicyclic amines) is 1. The third kappa shape index (κ3) is 2.69. The number of piperidine rings is 1. The first-order valence-corrected chi connectivity index (χ1v) is 6.02. The molecule has 2 rings (SSSR count). The first-order chi connectivity index (χ1) is 7.29. The molecule has 2 heterocycles. The average Bonchev–Trinajstić information content (AvgIpc) is 2.65. The number of nitrogens with zero attached hydrogens (tertiary/aromatic N) is 1. The van der Waals surface area contributed by atoms with Crippen LogP contribution in [0.2, 0.25) is 0 Å². The maximum atomic E-state index is 10.9. The maximum absolute atomic E-state index is 10.9. The first-order valence-electron chi connectivity index (χ1n) is 5.23. The molecule has 0 amide bonds. The molecular weight excluding hydrogens is 258 g/mol. The Morgan fingerprint density at radius 1 is 1.53 bits per heavy atom. The second kappa shape index (κ2) is 4.94. The van der Waals surface area contributed by atoms with Crippen LogP contribution < -0.4 is 0 Å². The number of furan rings is 1. The lowest BCUT2D eigenvalue weighted by molar-refractivity contribution is -0.113. The first kappa shape index (κ1) is 10.9. The summed E-state index contributed by atoms with van der Waals surface area (Å²) in [5, 5.41) is 0. The van der Waals surface area contributed by atoms with Crippen molar-refractivity contribution in [2.45, 2.75) is 31.8 Å². The highest BCUT2D eigenvalue weighted by atomic mass is 79.9. The van der Waals surface area contributed by atoms with Gasteiger partial charge in [0.2, 0.25) is 0 Å². The highest BCUT2D eigenvalue weighted by Crippen LogP contribution is 2.21. The molecule has 0 aromatic carbocycles. The van der Waals surface area contributed by atoms with Crippen molar-refractivity contribution in [1.29, 1.82) is 0 Å². The van der Waals surface area contributed by atoms with Crippen LogP contribution in [0.4, 0.5) is 0 Å². The molecule has 1 unspecified atom stereocenters. The molecule has 3 nitrogen and oxygen atoms in total. The van der Waals surface area contributed by atoms with Gasteiger partial charge in [-0.25, -0.2) is 0 Å². The van der Waals surface area contributed by atoms with E-state index in [4.69, 9.17) is 4.42 Å². The van der Waals surface area contributed by atoms with Crippen LogP contribution in [0.3, 0.4) is 0 Å². The summed E-state index contributed by atoms with van der Waals surface area (Å²) in [4.78, 5) is 13.1. The molecule has 1 fully saturated rings. The molecule has 1 aromatic heterocycles. The SMILES string of the molecule is O=CC1CCCCN1Cc1ccc(Br)o1. The van der Waals surface area contributed by atoms with Crippen molar-refractivity contribution in [2.75, 3.05) is 6.54 Å². The smallest absolute Gasteiger partial charge is 0.169 e. The Bertz CT molecular complexity index is 337. The molecule has 15 heavy (non-hydrogen) atoms. The van der Waals surface area contributed by atoms with Crippen molar-refractivity contribution in [3.8, 4) is 0 Å². The zero-order valence-corrected chi connectivity index (χ0v) is 10.1. The minimum Gasteiger partial charge on any atom is -0.453 e. The average molecular weight is 272 g/mol. The van der Waals surface area contributed by atoms with Crippen LogP contribution in [0.25, 0.3) is 0 Å². The van der Waals surface area contributed by atoms with Gasteiger partial charge in [0.05, 0.1) is 12.6 Å². The van der Waals surface area contributed by atoms with Crippen molar-refractivity contribution in [3.05, 3.63) is 22.6 Å². The van der Waals surface area contributed by atoms with E-state index in [0.29, 0.717) is 0 Å². The fraction of sp³-hybridized carbons (Fsp3) is 0.545. The molecule has 0 bridgehead atoms. The van der Waals surface area contributed by atoms with Gasteiger partial charge in [0.15, 0.2) is 4.67 Å². The molecule has 1 aromatic rings. The van der Waals surface area contributed by atoms with E-state index in [2.05, 4.69) is 20.8 Å². The van der Waals surface area contributed by atoms with E-state index < -0.39 is 0 Å². The van der Waals surface area contributed by atoms with Crippen molar-refractivity contribution >= 4 is 22.2 Å². The van der Waals surface area contributed by atoms with Gasteiger partial charge in [0.1, 0.15) is 12.0 Å². The Kier molecular flexibility index (Phi) is 3.59. The van der Waals surface area contributed by atoms with Gasteiger partial charge in [-0.2, -0.15) is 0 Å². The van der Waals surface area contributed by atoms with Gasteiger partial charge in [0.25, 0.3) is 0 Å². The Labute approximate surface area is 97.6 Å². The summed E-state index contributed by atoms with van der Waals surface area (Å²) in [6, 6.07) is 3.90. The van der Waals surface area contributed by atoms with Crippen LogP contribution in [0, 0.1) is 0 Å². The predicted octanol–water partition coefficient (Wildman–Crippen LogP) is 2.60. The Morgan fingerprint density at radius 2 is 2.40 bits per heavy atom.